The normalized spacial score (nSPS) is 19.0. The second kappa shape index (κ2) is 1.18. The Balaban J connectivity index is 2.53. The molecule has 0 aromatic carbocycles. The van der Waals surface area contributed by atoms with Crippen LogP contribution in [0.25, 0.3) is 0 Å². The van der Waals surface area contributed by atoms with Gasteiger partial charge in [0.05, 0.1) is 4.91 Å². The van der Waals surface area contributed by atoms with E-state index in [4.69, 9.17) is 0 Å². The maximum Gasteiger partial charge on any atom is 0.423 e. The monoisotopic (exact) mass is 126 g/mol. The van der Waals surface area contributed by atoms with Crippen molar-refractivity contribution in [3.05, 3.63) is 10.3 Å². The Morgan fingerprint density at radius 1 is 1.43 bits per heavy atom. The highest BCUT2D eigenvalue weighted by atomic mass is 32.2. The van der Waals surface area contributed by atoms with Gasteiger partial charge in [0, 0.05) is 0 Å². The molecule has 0 saturated heterocycles. The van der Waals surface area contributed by atoms with Crippen LogP contribution in [0, 0.1) is 0 Å². The molecule has 1 heterocycles. The lowest BCUT2D eigenvalue weighted by atomic mass is 10.6. The first-order chi connectivity index (χ1) is 3.11. The standard InChI is InChI=1S/C3HF3S/c4-3(5,6)2-1-7-2/h1H. The lowest BCUT2D eigenvalue weighted by molar-refractivity contribution is -0.0818. The minimum absolute atomic E-state index is 0.465. The molecule has 4 heteroatoms. The minimum atomic E-state index is -4.06. The summed E-state index contributed by atoms with van der Waals surface area (Å²) in [6.07, 6.45) is -4.06. The van der Waals surface area contributed by atoms with Gasteiger partial charge in [0.25, 0.3) is 0 Å². The molecule has 1 rings (SSSR count). The van der Waals surface area contributed by atoms with Crippen molar-refractivity contribution in [3.8, 4) is 0 Å². The summed E-state index contributed by atoms with van der Waals surface area (Å²) in [6, 6.07) is 0. The highest BCUT2D eigenvalue weighted by Crippen LogP contribution is 2.46. The largest absolute Gasteiger partial charge is 0.423 e. The summed E-state index contributed by atoms with van der Waals surface area (Å²) in [6.45, 7) is 0. The molecule has 0 radical (unpaired) electrons. The van der Waals surface area contributed by atoms with Crippen LogP contribution in [0.5, 0.6) is 0 Å². The first-order valence-electron chi connectivity index (χ1n) is 1.55. The van der Waals surface area contributed by atoms with Crippen LogP contribution in [0.3, 0.4) is 0 Å². The summed E-state index contributed by atoms with van der Waals surface area (Å²) in [7, 11) is 0. The SMILES string of the molecule is FC(F)(F)C1=CS1. The van der Waals surface area contributed by atoms with Gasteiger partial charge in [-0.15, -0.1) is 0 Å². The molecular formula is C3HF3S. The first-order valence-corrected chi connectivity index (χ1v) is 2.43. The Hall–Kier alpha value is -0.120. The molecule has 0 amide bonds. The molecule has 1 aliphatic rings. The number of alkyl halides is 3. The van der Waals surface area contributed by atoms with E-state index in [0.29, 0.717) is 0 Å². The van der Waals surface area contributed by atoms with Crippen LogP contribution in [-0.4, -0.2) is 6.18 Å². The molecule has 0 aromatic rings. The van der Waals surface area contributed by atoms with E-state index in [-0.39, 0.29) is 0 Å². The average molecular weight is 126 g/mol. The summed E-state index contributed by atoms with van der Waals surface area (Å²) in [5.41, 5.74) is 0. The average Bonchev–Trinajstić information content (AvgIpc) is 1.99. The quantitative estimate of drug-likeness (QED) is 0.479. The highest BCUT2D eigenvalue weighted by Gasteiger charge is 2.39. The van der Waals surface area contributed by atoms with E-state index in [2.05, 4.69) is 0 Å². The zero-order valence-corrected chi connectivity index (χ0v) is 3.94. The number of allylic oxidation sites excluding steroid dienone is 1. The summed E-state index contributed by atoms with van der Waals surface area (Å²) in [4.78, 5) is -0.465. The van der Waals surface area contributed by atoms with Crippen molar-refractivity contribution in [2.45, 2.75) is 6.18 Å². The summed E-state index contributed by atoms with van der Waals surface area (Å²) < 4.78 is 33.5. The maximum atomic E-state index is 11.2. The van der Waals surface area contributed by atoms with Gasteiger partial charge in [-0.25, -0.2) is 0 Å². The zero-order valence-electron chi connectivity index (χ0n) is 3.12. The minimum Gasteiger partial charge on any atom is -0.166 e. The Kier molecular flexibility index (Phi) is 0.849. The Bertz CT molecular complexity index is 112. The fraction of sp³-hybridized carbons (Fsp3) is 0.333. The van der Waals surface area contributed by atoms with Crippen LogP contribution >= 0.6 is 11.8 Å². The number of thioether (sulfide) groups is 1. The van der Waals surface area contributed by atoms with E-state index < -0.39 is 11.1 Å². The fourth-order valence-electron chi connectivity index (χ4n) is 0.163. The molecule has 0 unspecified atom stereocenters. The van der Waals surface area contributed by atoms with Crippen molar-refractivity contribution in [1.82, 2.24) is 0 Å². The topological polar surface area (TPSA) is 0 Å². The molecule has 1 aliphatic heterocycles. The van der Waals surface area contributed by atoms with Crippen LogP contribution in [-0.2, 0) is 0 Å². The maximum absolute atomic E-state index is 11.2. The van der Waals surface area contributed by atoms with Crippen LogP contribution in [0.2, 0.25) is 0 Å². The van der Waals surface area contributed by atoms with E-state index in [1.54, 1.807) is 0 Å². The summed E-state index contributed by atoms with van der Waals surface area (Å²) in [5.74, 6) is 0. The van der Waals surface area contributed by atoms with Gasteiger partial charge in [0.1, 0.15) is 0 Å². The lowest BCUT2D eigenvalue weighted by Gasteiger charge is -1.94. The van der Waals surface area contributed by atoms with Crippen LogP contribution in [0.1, 0.15) is 0 Å². The van der Waals surface area contributed by atoms with Gasteiger partial charge < -0.3 is 0 Å². The van der Waals surface area contributed by atoms with Crippen molar-refractivity contribution >= 4 is 11.8 Å². The fourth-order valence-corrected chi connectivity index (χ4v) is 0.489. The second-order valence-electron chi connectivity index (χ2n) is 1.10. The third-order valence-corrected chi connectivity index (χ3v) is 1.22. The predicted octanol–water partition coefficient (Wildman–Crippen LogP) is 2.14. The molecule has 0 saturated carbocycles. The van der Waals surface area contributed by atoms with E-state index in [1.807, 2.05) is 0 Å². The van der Waals surface area contributed by atoms with Crippen molar-refractivity contribution in [1.29, 1.82) is 0 Å². The second-order valence-corrected chi connectivity index (χ2v) is 2.01. The number of hydrogen-bond donors (Lipinski definition) is 0. The first kappa shape index (κ1) is 5.03. The van der Waals surface area contributed by atoms with E-state index in [9.17, 15) is 13.2 Å². The highest BCUT2D eigenvalue weighted by molar-refractivity contribution is 8.12. The van der Waals surface area contributed by atoms with Gasteiger partial charge in [0.15, 0.2) is 0 Å². The Morgan fingerprint density at radius 2 is 1.86 bits per heavy atom. The van der Waals surface area contributed by atoms with Crippen molar-refractivity contribution in [3.63, 3.8) is 0 Å². The third-order valence-electron chi connectivity index (χ3n) is 0.515. The Morgan fingerprint density at radius 3 is 1.86 bits per heavy atom. The molecule has 0 nitrogen and oxygen atoms in total. The molecule has 0 spiro atoms. The molecular weight excluding hydrogens is 125 g/mol. The van der Waals surface area contributed by atoms with Crippen molar-refractivity contribution in [2.24, 2.45) is 0 Å². The number of halogens is 3. The molecule has 0 atom stereocenters. The van der Waals surface area contributed by atoms with Crippen LogP contribution < -0.4 is 0 Å². The summed E-state index contributed by atoms with van der Waals surface area (Å²) >= 11 is 0.742. The number of rotatable bonds is 0. The van der Waals surface area contributed by atoms with Gasteiger partial charge in [-0.2, -0.15) is 13.2 Å². The summed E-state index contributed by atoms with van der Waals surface area (Å²) in [5, 5.41) is 1.08. The molecule has 0 N–H and O–H groups in total. The van der Waals surface area contributed by atoms with Crippen molar-refractivity contribution in [2.75, 3.05) is 0 Å². The van der Waals surface area contributed by atoms with Gasteiger partial charge >= 0.3 is 6.18 Å². The van der Waals surface area contributed by atoms with E-state index in [1.165, 1.54) is 0 Å². The van der Waals surface area contributed by atoms with Gasteiger partial charge in [0.2, 0.25) is 0 Å². The van der Waals surface area contributed by atoms with Gasteiger partial charge in [-0.3, -0.25) is 0 Å². The Labute approximate surface area is 42.4 Å². The zero-order chi connectivity index (χ0) is 5.49. The molecule has 0 bridgehead atoms. The third kappa shape index (κ3) is 1.12. The van der Waals surface area contributed by atoms with Crippen LogP contribution in [0.4, 0.5) is 13.2 Å². The van der Waals surface area contributed by atoms with Gasteiger partial charge in [-0.1, -0.05) is 11.8 Å². The molecule has 40 valence electrons. The smallest absolute Gasteiger partial charge is 0.166 e. The molecule has 0 aliphatic carbocycles. The van der Waals surface area contributed by atoms with Crippen LogP contribution in [0.15, 0.2) is 10.3 Å². The van der Waals surface area contributed by atoms with E-state index >= 15 is 0 Å². The molecule has 0 aromatic heterocycles. The van der Waals surface area contributed by atoms with E-state index in [0.717, 1.165) is 17.2 Å². The number of hydrogen-bond acceptors (Lipinski definition) is 1. The lowest BCUT2D eigenvalue weighted by Crippen LogP contribution is -2.01. The molecule has 7 heavy (non-hydrogen) atoms. The molecule has 0 fully saturated rings. The van der Waals surface area contributed by atoms with Crippen molar-refractivity contribution < 1.29 is 13.2 Å². The predicted molar refractivity (Wildman–Crippen MR) is 21.7 cm³/mol. The van der Waals surface area contributed by atoms with Gasteiger partial charge in [-0.05, 0) is 5.41 Å².